The van der Waals surface area contributed by atoms with Crippen molar-refractivity contribution in [3.8, 4) is 0 Å². The first-order valence-electron chi connectivity index (χ1n) is 6.84. The van der Waals surface area contributed by atoms with E-state index in [0.717, 1.165) is 12.5 Å². The normalized spacial score (nSPS) is 22.2. The van der Waals surface area contributed by atoms with Crippen molar-refractivity contribution >= 4 is 5.91 Å². The van der Waals surface area contributed by atoms with Gasteiger partial charge in [0.05, 0.1) is 11.7 Å². The fourth-order valence-electron chi connectivity index (χ4n) is 2.61. The van der Waals surface area contributed by atoms with Crippen LogP contribution in [0.15, 0.2) is 18.2 Å². The molecule has 1 aliphatic rings. The van der Waals surface area contributed by atoms with Gasteiger partial charge >= 0.3 is 0 Å². The molecule has 2 rings (SSSR count). The molecular formula is C15H19F2NO2. The van der Waals surface area contributed by atoms with E-state index in [1.54, 1.807) is 0 Å². The molecule has 1 fully saturated rings. The number of halogens is 2. The highest BCUT2D eigenvalue weighted by atomic mass is 19.2. The third-order valence-corrected chi connectivity index (χ3v) is 3.64. The van der Waals surface area contributed by atoms with E-state index in [1.807, 2.05) is 0 Å². The van der Waals surface area contributed by atoms with Gasteiger partial charge in [-0.3, -0.25) is 4.79 Å². The molecule has 3 nitrogen and oxygen atoms in total. The molecule has 1 aromatic rings. The molecule has 0 aromatic heterocycles. The average Bonchev–Trinajstić information content (AvgIpc) is 2.87. The molecule has 110 valence electrons. The molecule has 1 amide bonds. The number of rotatable bonds is 4. The van der Waals surface area contributed by atoms with Gasteiger partial charge in [-0.25, -0.2) is 8.78 Å². The second-order valence-electron chi connectivity index (χ2n) is 5.44. The summed E-state index contributed by atoms with van der Waals surface area (Å²) >= 11 is 0. The summed E-state index contributed by atoms with van der Waals surface area (Å²) in [7, 11) is 0. The lowest BCUT2D eigenvalue weighted by Gasteiger charge is -2.22. The Balaban J connectivity index is 1.97. The van der Waals surface area contributed by atoms with Crippen LogP contribution >= 0.6 is 0 Å². The highest BCUT2D eigenvalue weighted by Gasteiger charge is 2.31. The quantitative estimate of drug-likeness (QED) is 0.922. The molecule has 2 atom stereocenters. The zero-order chi connectivity index (χ0) is 14.7. The van der Waals surface area contributed by atoms with Gasteiger partial charge in [-0.2, -0.15) is 0 Å². The van der Waals surface area contributed by atoms with E-state index in [1.165, 1.54) is 12.1 Å². The summed E-state index contributed by atoms with van der Waals surface area (Å²) < 4.78 is 32.2. The van der Waals surface area contributed by atoms with E-state index in [-0.39, 0.29) is 17.6 Å². The van der Waals surface area contributed by atoms with E-state index in [0.29, 0.717) is 19.1 Å². The van der Waals surface area contributed by atoms with Gasteiger partial charge in [-0.05, 0) is 24.5 Å². The number of carbonyl (C=O) groups excluding carboxylic acids is 1. The first-order valence-corrected chi connectivity index (χ1v) is 6.84. The highest BCUT2D eigenvalue weighted by molar-refractivity contribution is 5.94. The second-order valence-corrected chi connectivity index (χ2v) is 5.44. The molecular weight excluding hydrogens is 264 g/mol. The Labute approximate surface area is 117 Å². The Bertz CT molecular complexity index is 491. The van der Waals surface area contributed by atoms with Crippen molar-refractivity contribution in [2.45, 2.75) is 26.4 Å². The van der Waals surface area contributed by atoms with Gasteiger partial charge in [0.15, 0.2) is 11.6 Å². The molecule has 1 N–H and O–H groups in total. The lowest BCUT2D eigenvalue weighted by Crippen LogP contribution is -2.35. The Morgan fingerprint density at radius 2 is 2.20 bits per heavy atom. The molecule has 1 aliphatic heterocycles. The van der Waals surface area contributed by atoms with Crippen LogP contribution in [0.2, 0.25) is 0 Å². The number of carbonyl (C=O) groups is 1. The Morgan fingerprint density at radius 3 is 2.90 bits per heavy atom. The number of amides is 1. The van der Waals surface area contributed by atoms with Crippen LogP contribution in [0.4, 0.5) is 8.78 Å². The van der Waals surface area contributed by atoms with Crippen LogP contribution in [0, 0.1) is 23.5 Å². The molecule has 1 heterocycles. The zero-order valence-electron chi connectivity index (χ0n) is 11.7. The third kappa shape index (κ3) is 3.15. The minimum atomic E-state index is -1.10. The fourth-order valence-corrected chi connectivity index (χ4v) is 2.61. The van der Waals surface area contributed by atoms with Gasteiger partial charge in [0.25, 0.3) is 5.91 Å². The number of benzene rings is 1. The molecule has 0 bridgehead atoms. The van der Waals surface area contributed by atoms with Crippen LogP contribution in [0.5, 0.6) is 0 Å². The van der Waals surface area contributed by atoms with Crippen LogP contribution in [0.25, 0.3) is 0 Å². The van der Waals surface area contributed by atoms with Gasteiger partial charge in [0.1, 0.15) is 0 Å². The topological polar surface area (TPSA) is 38.3 Å². The number of ether oxygens (including phenoxy) is 1. The van der Waals surface area contributed by atoms with Gasteiger partial charge in [-0.1, -0.05) is 19.9 Å². The van der Waals surface area contributed by atoms with Crippen LogP contribution in [0.3, 0.4) is 0 Å². The van der Waals surface area contributed by atoms with Crippen molar-refractivity contribution in [2.75, 3.05) is 13.2 Å². The highest BCUT2D eigenvalue weighted by Crippen LogP contribution is 2.26. The van der Waals surface area contributed by atoms with Gasteiger partial charge in [0, 0.05) is 19.1 Å². The van der Waals surface area contributed by atoms with Gasteiger partial charge in [-0.15, -0.1) is 0 Å². The predicted molar refractivity (Wildman–Crippen MR) is 71.4 cm³/mol. The molecule has 20 heavy (non-hydrogen) atoms. The molecule has 0 spiro atoms. The van der Waals surface area contributed by atoms with E-state index < -0.39 is 17.5 Å². The monoisotopic (exact) mass is 283 g/mol. The third-order valence-electron chi connectivity index (χ3n) is 3.64. The van der Waals surface area contributed by atoms with E-state index >= 15 is 0 Å². The average molecular weight is 283 g/mol. The van der Waals surface area contributed by atoms with Crippen molar-refractivity contribution < 1.29 is 18.3 Å². The van der Waals surface area contributed by atoms with Crippen LogP contribution in [-0.4, -0.2) is 25.2 Å². The fraction of sp³-hybridized carbons (Fsp3) is 0.533. The maximum absolute atomic E-state index is 13.5. The van der Waals surface area contributed by atoms with E-state index in [9.17, 15) is 13.6 Å². The lowest BCUT2D eigenvalue weighted by molar-refractivity contribution is 0.0533. The summed E-state index contributed by atoms with van der Waals surface area (Å²) in [5.41, 5.74) is -0.259. The summed E-state index contributed by atoms with van der Waals surface area (Å²) in [6.45, 7) is 5.23. The largest absolute Gasteiger partial charge is 0.378 e. The minimum absolute atomic E-state index is 0.104. The van der Waals surface area contributed by atoms with Crippen molar-refractivity contribution in [3.05, 3.63) is 35.4 Å². The van der Waals surface area contributed by atoms with E-state index in [4.69, 9.17) is 4.74 Å². The minimum Gasteiger partial charge on any atom is -0.378 e. The Hall–Kier alpha value is -1.49. The van der Waals surface area contributed by atoms with Crippen molar-refractivity contribution in [2.24, 2.45) is 11.8 Å². The molecule has 1 saturated heterocycles. The first kappa shape index (κ1) is 14.9. The molecule has 0 saturated carbocycles. The van der Waals surface area contributed by atoms with Gasteiger partial charge < -0.3 is 10.1 Å². The maximum Gasteiger partial charge on any atom is 0.254 e. The standard InChI is InChI=1S/C15H19F2NO2/c1-9(2)14-10(6-7-20-14)8-18-15(19)11-4-3-5-12(16)13(11)17/h3-5,9-10,14H,6-8H2,1-2H3,(H,18,19)/t10-,14+/m1/s1. The smallest absolute Gasteiger partial charge is 0.254 e. The number of nitrogens with one attached hydrogen (secondary N) is 1. The van der Waals surface area contributed by atoms with Crippen molar-refractivity contribution in [3.63, 3.8) is 0 Å². The van der Waals surface area contributed by atoms with Crippen LogP contribution in [-0.2, 0) is 4.74 Å². The Morgan fingerprint density at radius 1 is 1.45 bits per heavy atom. The summed E-state index contributed by atoms with van der Waals surface area (Å²) in [6, 6.07) is 3.59. The first-order chi connectivity index (χ1) is 9.50. The summed E-state index contributed by atoms with van der Waals surface area (Å²) in [6.07, 6.45) is 0.974. The van der Waals surface area contributed by atoms with E-state index in [2.05, 4.69) is 19.2 Å². The maximum atomic E-state index is 13.5. The molecule has 0 radical (unpaired) electrons. The SMILES string of the molecule is CC(C)[C@@H]1OCC[C@@H]1CNC(=O)c1cccc(F)c1F. The summed E-state index contributed by atoms with van der Waals surface area (Å²) in [4.78, 5) is 11.9. The number of hydrogen-bond acceptors (Lipinski definition) is 2. The molecule has 5 heteroatoms. The summed E-state index contributed by atoms with van der Waals surface area (Å²) in [5.74, 6) is -2.12. The summed E-state index contributed by atoms with van der Waals surface area (Å²) in [5, 5.41) is 2.67. The second kappa shape index (κ2) is 6.31. The van der Waals surface area contributed by atoms with Crippen molar-refractivity contribution in [1.82, 2.24) is 5.32 Å². The number of hydrogen-bond donors (Lipinski definition) is 1. The van der Waals surface area contributed by atoms with Crippen LogP contribution < -0.4 is 5.32 Å². The van der Waals surface area contributed by atoms with Gasteiger partial charge in [0.2, 0.25) is 0 Å². The molecule has 0 unspecified atom stereocenters. The zero-order valence-corrected chi connectivity index (χ0v) is 11.7. The lowest BCUT2D eigenvalue weighted by atomic mass is 9.93. The molecule has 0 aliphatic carbocycles. The predicted octanol–water partition coefficient (Wildman–Crippen LogP) is 2.76. The van der Waals surface area contributed by atoms with Crippen LogP contribution in [0.1, 0.15) is 30.6 Å². The Kier molecular flexibility index (Phi) is 4.70. The van der Waals surface area contributed by atoms with Crippen molar-refractivity contribution in [1.29, 1.82) is 0 Å². The molecule has 1 aromatic carbocycles.